The molecule has 0 saturated heterocycles. The number of aryl methyl sites for hydroxylation is 2. The van der Waals surface area contributed by atoms with E-state index >= 15 is 0 Å². The first-order chi connectivity index (χ1) is 15.0. The van der Waals surface area contributed by atoms with Crippen LogP contribution in [0, 0.1) is 6.92 Å². The van der Waals surface area contributed by atoms with Gasteiger partial charge in [0.05, 0.1) is 7.11 Å². The minimum Gasteiger partial charge on any atom is -0.497 e. The molecule has 0 saturated carbocycles. The topological polar surface area (TPSA) is 51.2 Å². The van der Waals surface area contributed by atoms with Gasteiger partial charge in [-0.15, -0.1) is 0 Å². The molecule has 0 unspecified atom stereocenters. The van der Waals surface area contributed by atoms with Crippen LogP contribution in [0.3, 0.4) is 0 Å². The summed E-state index contributed by atoms with van der Waals surface area (Å²) in [6, 6.07) is 10.4. The number of unbranched alkanes of at least 4 members (excludes halogenated alkanes) is 1. The summed E-state index contributed by atoms with van der Waals surface area (Å²) in [5.74, 6) is 0.798. The molecule has 2 rings (SSSR count). The molecule has 1 N–H and O–H groups in total. The molecule has 0 aliphatic heterocycles. The molecule has 0 aliphatic carbocycles. The summed E-state index contributed by atoms with van der Waals surface area (Å²) < 4.78 is 5.25. The van der Waals surface area contributed by atoms with E-state index in [0.29, 0.717) is 0 Å². The second-order valence-corrected chi connectivity index (χ2v) is 8.06. The Morgan fingerprint density at radius 3 is 2.65 bits per heavy atom. The van der Waals surface area contributed by atoms with Crippen molar-refractivity contribution in [1.29, 1.82) is 0 Å². The lowest BCUT2D eigenvalue weighted by atomic mass is 9.99. The highest BCUT2D eigenvalue weighted by molar-refractivity contribution is 5.88. The van der Waals surface area contributed by atoms with E-state index in [1.54, 1.807) is 13.2 Å². The highest BCUT2D eigenvalue weighted by Crippen LogP contribution is 2.23. The largest absolute Gasteiger partial charge is 0.497 e. The number of allylic oxidation sites excluding steroid dienone is 3. The van der Waals surface area contributed by atoms with Crippen LogP contribution in [0.25, 0.3) is 5.57 Å². The molecule has 1 amide bonds. The van der Waals surface area contributed by atoms with Crippen molar-refractivity contribution in [1.82, 2.24) is 10.3 Å². The predicted octanol–water partition coefficient (Wildman–Crippen LogP) is 6.06. The van der Waals surface area contributed by atoms with E-state index in [0.717, 1.165) is 44.3 Å². The van der Waals surface area contributed by atoms with Gasteiger partial charge in [0.15, 0.2) is 0 Å². The van der Waals surface area contributed by atoms with Crippen LogP contribution in [0.15, 0.2) is 61.0 Å². The first-order valence-electron chi connectivity index (χ1n) is 11.2. The Hall–Kier alpha value is -2.88. The number of hydrogen-bond acceptors (Lipinski definition) is 3. The number of pyridine rings is 1. The van der Waals surface area contributed by atoms with Gasteiger partial charge in [0.25, 0.3) is 0 Å². The molecule has 1 aromatic heterocycles. The van der Waals surface area contributed by atoms with E-state index in [-0.39, 0.29) is 11.9 Å². The zero-order valence-corrected chi connectivity index (χ0v) is 19.4. The molecule has 1 aromatic carbocycles. The number of aromatic nitrogens is 1. The molecule has 0 bridgehead atoms. The number of carbonyl (C=O) groups is 1. The molecule has 2 aromatic rings. The van der Waals surface area contributed by atoms with Crippen molar-refractivity contribution in [3.8, 4) is 5.75 Å². The third kappa shape index (κ3) is 9.20. The van der Waals surface area contributed by atoms with Crippen LogP contribution in [0.2, 0.25) is 0 Å². The Balaban J connectivity index is 1.85. The molecular weight excluding hydrogens is 384 g/mol. The van der Waals surface area contributed by atoms with E-state index in [1.807, 2.05) is 36.7 Å². The number of nitrogens with zero attached hydrogens (tertiary/aromatic N) is 1. The fraction of sp³-hybridized carbons (Fsp3) is 0.407. The molecule has 31 heavy (non-hydrogen) atoms. The molecule has 166 valence electrons. The maximum Gasteiger partial charge on any atom is 0.244 e. The van der Waals surface area contributed by atoms with E-state index < -0.39 is 0 Å². The molecule has 0 radical (unpaired) electrons. The van der Waals surface area contributed by atoms with E-state index in [1.165, 1.54) is 22.3 Å². The number of nitrogens with one attached hydrogen (secondary N) is 1. The fourth-order valence-corrected chi connectivity index (χ4v) is 3.48. The number of rotatable bonds is 12. The molecule has 0 spiro atoms. The van der Waals surface area contributed by atoms with Crippen molar-refractivity contribution in [2.75, 3.05) is 7.11 Å². The second-order valence-electron chi connectivity index (χ2n) is 8.06. The van der Waals surface area contributed by atoms with Crippen LogP contribution in [-0.4, -0.2) is 24.0 Å². The SMILES string of the molecule is CCCC/C(=C\C=C\C(=O)N[C@H](C)CCCc1cncc(C)c1)c1ccc(OC)cc1. The quantitative estimate of drug-likeness (QED) is 0.336. The van der Waals surface area contributed by atoms with Crippen LogP contribution >= 0.6 is 0 Å². The Kier molecular flexibility index (Phi) is 10.6. The zero-order valence-electron chi connectivity index (χ0n) is 19.4. The lowest BCUT2D eigenvalue weighted by molar-refractivity contribution is -0.117. The van der Waals surface area contributed by atoms with Crippen LogP contribution < -0.4 is 10.1 Å². The molecular formula is C27H36N2O2. The summed E-state index contributed by atoms with van der Waals surface area (Å²) in [6.07, 6.45) is 15.5. The molecule has 1 atom stereocenters. The zero-order chi connectivity index (χ0) is 22.5. The summed E-state index contributed by atoms with van der Waals surface area (Å²) in [5, 5.41) is 3.06. The Morgan fingerprint density at radius 1 is 1.19 bits per heavy atom. The van der Waals surface area contributed by atoms with Gasteiger partial charge in [-0.1, -0.05) is 43.7 Å². The second kappa shape index (κ2) is 13.4. The number of ether oxygens (including phenoxy) is 1. The number of benzene rings is 1. The van der Waals surface area contributed by atoms with Crippen molar-refractivity contribution in [2.24, 2.45) is 0 Å². The van der Waals surface area contributed by atoms with Crippen LogP contribution in [0.5, 0.6) is 5.75 Å². The van der Waals surface area contributed by atoms with Crippen LogP contribution in [0.4, 0.5) is 0 Å². The van der Waals surface area contributed by atoms with Crippen molar-refractivity contribution < 1.29 is 9.53 Å². The summed E-state index contributed by atoms with van der Waals surface area (Å²) >= 11 is 0. The fourth-order valence-electron chi connectivity index (χ4n) is 3.48. The van der Waals surface area contributed by atoms with E-state index in [9.17, 15) is 4.79 Å². The molecule has 4 heteroatoms. The number of methoxy groups -OCH3 is 1. The van der Waals surface area contributed by atoms with E-state index in [2.05, 4.69) is 49.3 Å². The van der Waals surface area contributed by atoms with Crippen molar-refractivity contribution >= 4 is 11.5 Å². The lowest BCUT2D eigenvalue weighted by Gasteiger charge is -2.12. The number of amides is 1. The van der Waals surface area contributed by atoms with Gasteiger partial charge in [-0.3, -0.25) is 9.78 Å². The van der Waals surface area contributed by atoms with Crippen LogP contribution in [-0.2, 0) is 11.2 Å². The Morgan fingerprint density at radius 2 is 1.97 bits per heavy atom. The number of carbonyl (C=O) groups excluding carboxylic acids is 1. The van der Waals surface area contributed by atoms with E-state index in [4.69, 9.17) is 4.74 Å². The molecule has 0 aliphatic rings. The average molecular weight is 421 g/mol. The summed E-state index contributed by atoms with van der Waals surface area (Å²) in [6.45, 7) is 6.30. The van der Waals surface area contributed by atoms with Crippen LogP contribution in [0.1, 0.15) is 62.6 Å². The molecule has 0 fully saturated rings. The third-order valence-electron chi connectivity index (χ3n) is 5.23. The summed E-state index contributed by atoms with van der Waals surface area (Å²) in [4.78, 5) is 16.5. The summed E-state index contributed by atoms with van der Waals surface area (Å²) in [5.41, 5.74) is 4.83. The Bertz CT molecular complexity index is 869. The van der Waals surface area contributed by atoms with Gasteiger partial charge in [0.1, 0.15) is 5.75 Å². The standard InChI is InChI=1S/C27H36N2O2/c1-5-6-11-24(25-14-16-26(31-4)17-15-25)12-8-13-27(30)29-22(3)9-7-10-23-18-21(2)19-28-20-23/h8,12-20,22H,5-7,9-11H2,1-4H3,(H,29,30)/b13-8+,24-12+/t22-/m1/s1. The van der Waals surface area contributed by atoms with Crippen molar-refractivity contribution in [3.05, 3.63) is 77.6 Å². The maximum atomic E-state index is 12.3. The molecule has 4 nitrogen and oxygen atoms in total. The minimum absolute atomic E-state index is 0.0504. The van der Waals surface area contributed by atoms with Gasteiger partial charge in [-0.2, -0.15) is 0 Å². The normalized spacial score (nSPS) is 12.7. The lowest BCUT2D eigenvalue weighted by Crippen LogP contribution is -2.31. The number of hydrogen-bond donors (Lipinski definition) is 1. The van der Waals surface area contributed by atoms with Gasteiger partial charge in [-0.25, -0.2) is 0 Å². The molecule has 1 heterocycles. The van der Waals surface area contributed by atoms with Gasteiger partial charge < -0.3 is 10.1 Å². The third-order valence-corrected chi connectivity index (χ3v) is 5.23. The Labute approximate surface area is 187 Å². The predicted molar refractivity (Wildman–Crippen MR) is 129 cm³/mol. The smallest absolute Gasteiger partial charge is 0.244 e. The van der Waals surface area contributed by atoms with Gasteiger partial charge in [0.2, 0.25) is 5.91 Å². The maximum absolute atomic E-state index is 12.3. The monoisotopic (exact) mass is 420 g/mol. The van der Waals surface area contributed by atoms with Gasteiger partial charge >= 0.3 is 0 Å². The first-order valence-corrected chi connectivity index (χ1v) is 11.2. The average Bonchev–Trinajstić information content (AvgIpc) is 2.76. The van der Waals surface area contributed by atoms with Crippen molar-refractivity contribution in [2.45, 2.75) is 65.3 Å². The summed E-state index contributed by atoms with van der Waals surface area (Å²) in [7, 11) is 1.67. The van der Waals surface area contributed by atoms with Crippen molar-refractivity contribution in [3.63, 3.8) is 0 Å². The van der Waals surface area contributed by atoms with Gasteiger partial charge in [0, 0.05) is 24.5 Å². The first kappa shape index (κ1) is 24.4. The highest BCUT2D eigenvalue weighted by atomic mass is 16.5. The van der Waals surface area contributed by atoms with Gasteiger partial charge in [-0.05, 0) is 80.3 Å². The minimum atomic E-state index is -0.0504. The highest BCUT2D eigenvalue weighted by Gasteiger charge is 2.05.